The van der Waals surface area contributed by atoms with Gasteiger partial charge in [-0.2, -0.15) is 5.10 Å². The van der Waals surface area contributed by atoms with Crippen LogP contribution < -0.4 is 15.4 Å². The van der Waals surface area contributed by atoms with Gasteiger partial charge in [-0.15, -0.1) is 0 Å². The number of carbonyl (C=O) groups excluding carboxylic acids is 1. The molecular formula is C23H20ClN5O3S. The molecule has 0 radical (unpaired) electrons. The fourth-order valence-electron chi connectivity index (χ4n) is 3.03. The van der Waals surface area contributed by atoms with Crippen LogP contribution in [0.15, 0.2) is 96.0 Å². The van der Waals surface area contributed by atoms with Crippen molar-refractivity contribution in [3.63, 3.8) is 0 Å². The predicted molar refractivity (Wildman–Crippen MR) is 128 cm³/mol. The van der Waals surface area contributed by atoms with Gasteiger partial charge in [0.25, 0.3) is 10.0 Å². The first kappa shape index (κ1) is 22.4. The lowest BCUT2D eigenvalue weighted by atomic mass is 10.2. The zero-order valence-electron chi connectivity index (χ0n) is 17.3. The Bertz CT molecular complexity index is 1340. The predicted octanol–water partition coefficient (Wildman–Crippen LogP) is 4.65. The van der Waals surface area contributed by atoms with Gasteiger partial charge in [-0.05, 0) is 54.1 Å². The summed E-state index contributed by atoms with van der Waals surface area (Å²) in [7, 11) is -3.86. The third-order valence-corrected chi connectivity index (χ3v) is 6.29. The lowest BCUT2D eigenvalue weighted by molar-refractivity contribution is 0.251. The van der Waals surface area contributed by atoms with Gasteiger partial charge < -0.3 is 10.6 Å². The molecule has 168 valence electrons. The highest BCUT2D eigenvalue weighted by Gasteiger charge is 2.17. The number of rotatable bonds is 7. The third kappa shape index (κ3) is 5.71. The van der Waals surface area contributed by atoms with Crippen molar-refractivity contribution < 1.29 is 13.2 Å². The number of anilines is 2. The molecule has 0 saturated heterocycles. The molecule has 0 saturated carbocycles. The van der Waals surface area contributed by atoms with Crippen LogP contribution in [0.1, 0.15) is 5.56 Å². The lowest BCUT2D eigenvalue weighted by Gasteiger charge is -2.12. The molecule has 2 amide bonds. The fraction of sp³-hybridized carbons (Fsp3) is 0.0435. The number of sulfonamides is 1. The molecule has 0 atom stereocenters. The quantitative estimate of drug-likeness (QED) is 0.357. The molecule has 33 heavy (non-hydrogen) atoms. The van der Waals surface area contributed by atoms with E-state index in [2.05, 4.69) is 20.5 Å². The van der Waals surface area contributed by atoms with Crippen molar-refractivity contribution in [3.05, 3.63) is 102 Å². The zero-order valence-corrected chi connectivity index (χ0v) is 18.8. The van der Waals surface area contributed by atoms with Gasteiger partial charge in [-0.25, -0.2) is 17.9 Å². The Morgan fingerprint density at radius 1 is 0.909 bits per heavy atom. The van der Waals surface area contributed by atoms with E-state index in [9.17, 15) is 13.2 Å². The molecule has 3 N–H and O–H groups in total. The summed E-state index contributed by atoms with van der Waals surface area (Å²) >= 11 is 5.85. The van der Waals surface area contributed by atoms with Gasteiger partial charge in [0, 0.05) is 23.3 Å². The second kappa shape index (κ2) is 9.76. The van der Waals surface area contributed by atoms with E-state index in [1.54, 1.807) is 18.2 Å². The molecule has 8 nitrogen and oxygen atoms in total. The maximum Gasteiger partial charge on any atom is 0.319 e. The molecule has 0 aliphatic heterocycles. The van der Waals surface area contributed by atoms with Crippen molar-refractivity contribution in [2.75, 3.05) is 10.0 Å². The molecule has 0 aliphatic carbocycles. The molecule has 3 aromatic carbocycles. The minimum atomic E-state index is -3.86. The molecule has 0 fully saturated rings. The molecule has 4 rings (SSSR count). The molecule has 10 heteroatoms. The van der Waals surface area contributed by atoms with Crippen LogP contribution in [0.5, 0.6) is 0 Å². The summed E-state index contributed by atoms with van der Waals surface area (Å²) < 4.78 is 29.7. The number of urea groups is 1. The number of nitrogens with zero attached hydrogens (tertiary/aromatic N) is 2. The van der Waals surface area contributed by atoms with Gasteiger partial charge in [0.1, 0.15) is 5.82 Å². The van der Waals surface area contributed by atoms with E-state index in [0.717, 1.165) is 11.3 Å². The molecule has 0 bridgehead atoms. The summed E-state index contributed by atoms with van der Waals surface area (Å²) in [6, 6.07) is 23.4. The Labute approximate surface area is 196 Å². The van der Waals surface area contributed by atoms with Crippen molar-refractivity contribution in [2.24, 2.45) is 0 Å². The largest absolute Gasteiger partial charge is 0.334 e. The van der Waals surface area contributed by atoms with Crippen LogP contribution >= 0.6 is 11.6 Å². The second-order valence-electron chi connectivity index (χ2n) is 7.03. The Morgan fingerprint density at radius 2 is 1.61 bits per heavy atom. The number of hydrogen-bond acceptors (Lipinski definition) is 4. The van der Waals surface area contributed by atoms with Gasteiger partial charge >= 0.3 is 6.03 Å². The normalized spacial score (nSPS) is 11.1. The third-order valence-electron chi connectivity index (χ3n) is 4.67. The van der Waals surface area contributed by atoms with Crippen LogP contribution in [0.2, 0.25) is 5.02 Å². The van der Waals surface area contributed by atoms with Gasteiger partial charge in [-0.1, -0.05) is 41.9 Å². The zero-order chi connectivity index (χ0) is 23.3. The summed E-state index contributed by atoms with van der Waals surface area (Å²) in [6.07, 6.45) is 1.51. The van der Waals surface area contributed by atoms with E-state index in [1.807, 2.05) is 42.5 Å². The van der Waals surface area contributed by atoms with Crippen molar-refractivity contribution >= 4 is 39.2 Å². The van der Waals surface area contributed by atoms with E-state index in [-0.39, 0.29) is 4.90 Å². The van der Waals surface area contributed by atoms with Crippen LogP contribution in [0.25, 0.3) is 5.69 Å². The number of amides is 2. The summed E-state index contributed by atoms with van der Waals surface area (Å²) in [6.45, 7) is 0.328. The molecule has 0 spiro atoms. The molecule has 4 aromatic rings. The average Bonchev–Trinajstić information content (AvgIpc) is 3.27. The van der Waals surface area contributed by atoms with Crippen molar-refractivity contribution in [2.45, 2.75) is 11.4 Å². The number of aromatic nitrogens is 2. The maximum atomic E-state index is 12.8. The van der Waals surface area contributed by atoms with Crippen molar-refractivity contribution in [1.29, 1.82) is 0 Å². The SMILES string of the molecule is O=C(NCc1ccc(Cl)cc1)Nc1ccc(S(=O)(=O)Nc2ccnn2-c2ccccc2)cc1. The topological polar surface area (TPSA) is 105 Å². The Morgan fingerprint density at radius 3 is 2.30 bits per heavy atom. The average molecular weight is 482 g/mol. The number of halogens is 1. The summed E-state index contributed by atoms with van der Waals surface area (Å²) in [5.74, 6) is 0.310. The molecule has 1 heterocycles. The van der Waals surface area contributed by atoms with E-state index in [1.165, 1.54) is 35.1 Å². The van der Waals surface area contributed by atoms with Crippen LogP contribution in [-0.4, -0.2) is 24.2 Å². The van der Waals surface area contributed by atoms with Gasteiger partial charge in [0.05, 0.1) is 16.8 Å². The maximum absolute atomic E-state index is 12.8. The van der Waals surface area contributed by atoms with E-state index in [0.29, 0.717) is 23.1 Å². The van der Waals surface area contributed by atoms with E-state index < -0.39 is 16.1 Å². The number of benzene rings is 3. The fourth-order valence-corrected chi connectivity index (χ4v) is 4.20. The van der Waals surface area contributed by atoms with Gasteiger partial charge in [0.2, 0.25) is 0 Å². The highest BCUT2D eigenvalue weighted by atomic mass is 35.5. The minimum absolute atomic E-state index is 0.0513. The summed E-state index contributed by atoms with van der Waals surface area (Å²) in [5, 5.41) is 10.2. The van der Waals surface area contributed by atoms with Crippen molar-refractivity contribution in [1.82, 2.24) is 15.1 Å². The highest BCUT2D eigenvalue weighted by Crippen LogP contribution is 2.20. The Balaban J connectivity index is 1.39. The number of carbonyl (C=O) groups is 1. The smallest absolute Gasteiger partial charge is 0.319 e. The highest BCUT2D eigenvalue weighted by molar-refractivity contribution is 7.92. The number of nitrogens with one attached hydrogen (secondary N) is 3. The van der Waals surface area contributed by atoms with Crippen molar-refractivity contribution in [3.8, 4) is 5.69 Å². The second-order valence-corrected chi connectivity index (χ2v) is 9.15. The monoisotopic (exact) mass is 481 g/mol. The first-order valence-electron chi connectivity index (χ1n) is 9.92. The van der Waals surface area contributed by atoms with Crippen LogP contribution in [0.3, 0.4) is 0 Å². The Hall–Kier alpha value is -3.82. The number of hydrogen-bond donors (Lipinski definition) is 3. The summed E-state index contributed by atoms with van der Waals surface area (Å²) in [4.78, 5) is 12.2. The first-order chi connectivity index (χ1) is 15.9. The molecule has 1 aromatic heterocycles. The summed E-state index contributed by atoms with van der Waals surface area (Å²) in [5.41, 5.74) is 2.08. The van der Waals surface area contributed by atoms with Crippen LogP contribution in [0, 0.1) is 0 Å². The van der Waals surface area contributed by atoms with E-state index >= 15 is 0 Å². The van der Waals surface area contributed by atoms with Crippen LogP contribution in [0.4, 0.5) is 16.3 Å². The molecule has 0 unspecified atom stereocenters. The lowest BCUT2D eigenvalue weighted by Crippen LogP contribution is -2.28. The standard InChI is InChI=1S/C23H20ClN5O3S/c24-18-8-6-17(7-9-18)16-25-23(30)27-19-10-12-21(13-11-19)33(31,32)28-22-14-15-26-29(22)20-4-2-1-3-5-20/h1-15,28H,16H2,(H2,25,27,30). The van der Waals surface area contributed by atoms with Crippen LogP contribution in [-0.2, 0) is 16.6 Å². The first-order valence-corrected chi connectivity index (χ1v) is 11.8. The van der Waals surface area contributed by atoms with Gasteiger partial charge in [-0.3, -0.25) is 4.72 Å². The van der Waals surface area contributed by atoms with E-state index in [4.69, 9.17) is 11.6 Å². The van der Waals surface area contributed by atoms with Gasteiger partial charge in [0.15, 0.2) is 0 Å². The number of para-hydroxylation sites is 1. The molecule has 0 aliphatic rings. The Kier molecular flexibility index (Phi) is 6.62. The molecular weight excluding hydrogens is 462 g/mol. The minimum Gasteiger partial charge on any atom is -0.334 e.